The van der Waals surface area contributed by atoms with Gasteiger partial charge >= 0.3 is 6.09 Å². The molecule has 0 saturated carbocycles. The summed E-state index contributed by atoms with van der Waals surface area (Å²) in [5.74, 6) is -0.117. The minimum absolute atomic E-state index is 0.117. The zero-order valence-electron chi connectivity index (χ0n) is 14.4. The topological polar surface area (TPSA) is 58.6 Å². The maximum atomic E-state index is 12.4. The van der Waals surface area contributed by atoms with E-state index in [2.05, 4.69) is 5.32 Å². The van der Waals surface area contributed by atoms with Gasteiger partial charge in [-0.3, -0.25) is 9.69 Å². The third kappa shape index (κ3) is 4.98. The van der Waals surface area contributed by atoms with E-state index < -0.39 is 17.7 Å². The third-order valence-corrected chi connectivity index (χ3v) is 3.77. The van der Waals surface area contributed by atoms with Crippen molar-refractivity contribution in [1.29, 1.82) is 0 Å². The zero-order chi connectivity index (χ0) is 17.0. The highest BCUT2D eigenvalue weighted by molar-refractivity contribution is 5.86. The van der Waals surface area contributed by atoms with E-state index >= 15 is 0 Å². The second-order valence-electron chi connectivity index (χ2n) is 7.04. The van der Waals surface area contributed by atoms with Crippen molar-refractivity contribution in [2.45, 2.75) is 58.7 Å². The summed E-state index contributed by atoms with van der Waals surface area (Å²) in [6, 6.07) is 7.59. The summed E-state index contributed by atoms with van der Waals surface area (Å²) in [5.41, 5.74) is 1.68. The molecule has 1 fully saturated rings. The van der Waals surface area contributed by atoms with Crippen molar-refractivity contribution in [2.75, 3.05) is 6.54 Å². The maximum absolute atomic E-state index is 12.4. The molecule has 0 spiro atoms. The number of amides is 2. The largest absolute Gasteiger partial charge is 0.444 e. The molecule has 5 nitrogen and oxygen atoms in total. The highest BCUT2D eigenvalue weighted by Crippen LogP contribution is 2.21. The van der Waals surface area contributed by atoms with Gasteiger partial charge in [0, 0.05) is 13.1 Å². The zero-order valence-corrected chi connectivity index (χ0v) is 14.4. The van der Waals surface area contributed by atoms with Crippen LogP contribution in [0.1, 0.15) is 44.7 Å². The standard InChI is InChI=1S/C18H26N2O3/c1-13-7-9-14(10-8-13)12-19-16(21)15-6-5-11-20(15)17(22)23-18(2,3)4/h7-10,15H,5-6,11-12H2,1-4H3,(H,19,21)/t15-/m0/s1. The van der Waals surface area contributed by atoms with Crippen molar-refractivity contribution in [3.63, 3.8) is 0 Å². The van der Waals surface area contributed by atoms with Crippen molar-refractivity contribution in [3.8, 4) is 0 Å². The summed E-state index contributed by atoms with van der Waals surface area (Å²) >= 11 is 0. The van der Waals surface area contributed by atoms with Crippen molar-refractivity contribution in [1.82, 2.24) is 10.2 Å². The first-order valence-electron chi connectivity index (χ1n) is 8.09. The van der Waals surface area contributed by atoms with Crippen LogP contribution in [-0.4, -0.2) is 35.1 Å². The minimum atomic E-state index is -0.553. The lowest BCUT2D eigenvalue weighted by Crippen LogP contribution is -2.47. The fraction of sp³-hybridized carbons (Fsp3) is 0.556. The normalized spacial score (nSPS) is 17.9. The predicted octanol–water partition coefficient (Wildman–Crippen LogP) is 3.01. The Labute approximate surface area is 138 Å². The van der Waals surface area contributed by atoms with E-state index in [-0.39, 0.29) is 5.91 Å². The Morgan fingerprint density at radius 2 is 1.91 bits per heavy atom. The smallest absolute Gasteiger partial charge is 0.410 e. The first-order chi connectivity index (χ1) is 10.8. The van der Waals surface area contributed by atoms with Crippen LogP contribution in [0.15, 0.2) is 24.3 Å². The first-order valence-corrected chi connectivity index (χ1v) is 8.09. The number of benzene rings is 1. The van der Waals surface area contributed by atoms with Crippen LogP contribution < -0.4 is 5.32 Å². The number of aryl methyl sites for hydroxylation is 1. The number of hydrogen-bond acceptors (Lipinski definition) is 3. The van der Waals surface area contributed by atoms with E-state index in [1.807, 2.05) is 52.0 Å². The van der Waals surface area contributed by atoms with Crippen LogP contribution in [0.5, 0.6) is 0 Å². The van der Waals surface area contributed by atoms with Crippen LogP contribution in [0.4, 0.5) is 4.79 Å². The highest BCUT2D eigenvalue weighted by atomic mass is 16.6. The molecule has 1 aromatic rings. The summed E-state index contributed by atoms with van der Waals surface area (Å²) in [4.78, 5) is 26.2. The second kappa shape index (κ2) is 7.02. The van der Waals surface area contributed by atoms with Crippen molar-refractivity contribution in [3.05, 3.63) is 35.4 Å². The summed E-state index contributed by atoms with van der Waals surface area (Å²) in [6.07, 6.45) is 1.09. The van der Waals surface area contributed by atoms with Gasteiger partial charge in [-0.25, -0.2) is 4.79 Å². The number of likely N-dealkylation sites (tertiary alicyclic amines) is 1. The molecule has 1 aliphatic rings. The molecule has 126 valence electrons. The Morgan fingerprint density at radius 3 is 2.52 bits per heavy atom. The Morgan fingerprint density at radius 1 is 1.26 bits per heavy atom. The van der Waals surface area contributed by atoms with E-state index in [0.717, 1.165) is 12.0 Å². The van der Waals surface area contributed by atoms with Crippen molar-refractivity contribution < 1.29 is 14.3 Å². The molecule has 0 aromatic heterocycles. The van der Waals surface area contributed by atoms with E-state index in [4.69, 9.17) is 4.74 Å². The van der Waals surface area contributed by atoms with Gasteiger partial charge in [-0.2, -0.15) is 0 Å². The van der Waals surface area contributed by atoms with Gasteiger partial charge in [0.15, 0.2) is 0 Å². The van der Waals surface area contributed by atoms with Crippen LogP contribution >= 0.6 is 0 Å². The maximum Gasteiger partial charge on any atom is 0.410 e. The lowest BCUT2D eigenvalue weighted by molar-refractivity contribution is -0.125. The molecule has 0 aliphatic carbocycles. The van der Waals surface area contributed by atoms with Gasteiger partial charge in [0.05, 0.1) is 0 Å². The summed E-state index contributed by atoms with van der Waals surface area (Å²) in [7, 11) is 0. The summed E-state index contributed by atoms with van der Waals surface area (Å²) in [5, 5.41) is 2.92. The molecule has 23 heavy (non-hydrogen) atoms. The Bertz CT molecular complexity index is 561. The SMILES string of the molecule is Cc1ccc(CNC(=O)[C@@H]2CCCN2C(=O)OC(C)(C)C)cc1. The van der Waals surface area contributed by atoms with Gasteiger partial charge < -0.3 is 10.1 Å². The molecule has 0 bridgehead atoms. The lowest BCUT2D eigenvalue weighted by atomic mass is 10.1. The molecule has 0 unspecified atom stereocenters. The predicted molar refractivity (Wildman–Crippen MR) is 89.0 cm³/mol. The Kier molecular flexibility index (Phi) is 5.29. The van der Waals surface area contributed by atoms with Gasteiger partial charge in [0.1, 0.15) is 11.6 Å². The molecule has 1 atom stereocenters. The average Bonchev–Trinajstić information content (AvgIpc) is 2.94. The molecule has 1 aliphatic heterocycles. The summed E-state index contributed by atoms with van der Waals surface area (Å²) < 4.78 is 5.38. The van der Waals surface area contributed by atoms with Crippen molar-refractivity contribution in [2.24, 2.45) is 0 Å². The van der Waals surface area contributed by atoms with Gasteiger partial charge in [0.2, 0.25) is 5.91 Å². The molecule has 2 rings (SSSR count). The Balaban J connectivity index is 1.92. The molecule has 5 heteroatoms. The van der Waals surface area contributed by atoms with Gasteiger partial charge in [-0.15, -0.1) is 0 Å². The van der Waals surface area contributed by atoms with Crippen LogP contribution in [0, 0.1) is 6.92 Å². The fourth-order valence-electron chi connectivity index (χ4n) is 2.59. The van der Waals surface area contributed by atoms with Crippen LogP contribution in [0.3, 0.4) is 0 Å². The Hall–Kier alpha value is -2.04. The van der Waals surface area contributed by atoms with Crippen LogP contribution in [0.2, 0.25) is 0 Å². The molecule has 2 amide bonds. The molecular weight excluding hydrogens is 292 g/mol. The van der Waals surface area contributed by atoms with E-state index in [1.54, 1.807) is 0 Å². The molecule has 1 heterocycles. The number of carbonyl (C=O) groups is 2. The quantitative estimate of drug-likeness (QED) is 0.932. The van der Waals surface area contributed by atoms with Crippen LogP contribution in [-0.2, 0) is 16.1 Å². The minimum Gasteiger partial charge on any atom is -0.444 e. The second-order valence-corrected chi connectivity index (χ2v) is 7.04. The average molecular weight is 318 g/mol. The number of rotatable bonds is 3. The fourth-order valence-corrected chi connectivity index (χ4v) is 2.59. The highest BCUT2D eigenvalue weighted by Gasteiger charge is 2.36. The summed E-state index contributed by atoms with van der Waals surface area (Å²) in [6.45, 7) is 8.54. The molecule has 1 aromatic carbocycles. The number of nitrogens with one attached hydrogen (secondary N) is 1. The number of carbonyl (C=O) groups excluding carboxylic acids is 2. The van der Waals surface area contributed by atoms with Crippen LogP contribution in [0.25, 0.3) is 0 Å². The molecule has 1 N–H and O–H groups in total. The molecule has 1 saturated heterocycles. The van der Waals surface area contributed by atoms with E-state index in [9.17, 15) is 9.59 Å². The third-order valence-electron chi connectivity index (χ3n) is 3.77. The lowest BCUT2D eigenvalue weighted by Gasteiger charge is -2.28. The monoisotopic (exact) mass is 318 g/mol. The molecule has 0 radical (unpaired) electrons. The van der Waals surface area contributed by atoms with Gasteiger partial charge in [0.25, 0.3) is 0 Å². The number of ether oxygens (including phenoxy) is 1. The number of nitrogens with zero attached hydrogens (tertiary/aromatic N) is 1. The van der Waals surface area contributed by atoms with Crippen molar-refractivity contribution >= 4 is 12.0 Å². The molecular formula is C18H26N2O3. The van der Waals surface area contributed by atoms with Gasteiger partial charge in [-0.05, 0) is 46.1 Å². The number of hydrogen-bond donors (Lipinski definition) is 1. The first kappa shape index (κ1) is 17.3. The van der Waals surface area contributed by atoms with E-state index in [0.29, 0.717) is 19.5 Å². The van der Waals surface area contributed by atoms with Gasteiger partial charge in [-0.1, -0.05) is 29.8 Å². The van der Waals surface area contributed by atoms with E-state index in [1.165, 1.54) is 10.5 Å².